The van der Waals surface area contributed by atoms with E-state index >= 15 is 0 Å². The van der Waals surface area contributed by atoms with E-state index in [0.717, 1.165) is 16.3 Å². The van der Waals surface area contributed by atoms with Crippen molar-refractivity contribution in [3.05, 3.63) is 87.5 Å². The van der Waals surface area contributed by atoms with Crippen LogP contribution in [0.3, 0.4) is 0 Å². The second-order valence-electron chi connectivity index (χ2n) is 5.22. The molecule has 0 aliphatic carbocycles. The highest BCUT2D eigenvalue weighted by atomic mass is 16.6. The van der Waals surface area contributed by atoms with Crippen LogP contribution in [-0.4, -0.2) is 10.0 Å². The molecule has 0 fully saturated rings. The number of rotatable bonds is 3. The Bertz CT molecular complexity index is 853. The Balaban J connectivity index is 2.16. The zero-order chi connectivity index (χ0) is 15.7. The fourth-order valence-electron chi connectivity index (χ4n) is 2.79. The number of benzene rings is 3. The van der Waals surface area contributed by atoms with E-state index in [2.05, 4.69) is 0 Å². The van der Waals surface area contributed by atoms with Crippen LogP contribution in [0.4, 0.5) is 5.69 Å². The quantitative estimate of drug-likeness (QED) is 0.583. The van der Waals surface area contributed by atoms with E-state index < -0.39 is 11.0 Å². The molecule has 0 spiro atoms. The maximum Gasteiger partial charge on any atom is 0.272 e. The summed E-state index contributed by atoms with van der Waals surface area (Å²) >= 11 is 0. The first-order chi connectivity index (χ1) is 10.6. The highest BCUT2D eigenvalue weighted by Crippen LogP contribution is 2.33. The van der Waals surface area contributed by atoms with Crippen molar-refractivity contribution in [2.45, 2.75) is 13.0 Å². The Morgan fingerprint density at radius 1 is 0.955 bits per heavy atom. The molecule has 0 aliphatic heterocycles. The van der Waals surface area contributed by atoms with Crippen LogP contribution < -0.4 is 0 Å². The molecule has 22 heavy (non-hydrogen) atoms. The minimum atomic E-state index is -0.897. The molecule has 0 amide bonds. The van der Waals surface area contributed by atoms with Gasteiger partial charge in [0, 0.05) is 11.6 Å². The van der Waals surface area contributed by atoms with Gasteiger partial charge >= 0.3 is 0 Å². The van der Waals surface area contributed by atoms with Crippen LogP contribution in [0, 0.1) is 17.0 Å². The molecule has 3 aromatic carbocycles. The van der Waals surface area contributed by atoms with E-state index in [0.29, 0.717) is 11.1 Å². The van der Waals surface area contributed by atoms with Gasteiger partial charge in [-0.1, -0.05) is 54.6 Å². The number of fused-ring (bicyclic) bond motifs is 1. The fraction of sp³-hybridized carbons (Fsp3) is 0.111. The summed E-state index contributed by atoms with van der Waals surface area (Å²) in [5.41, 5.74) is 1.83. The number of hydrogen-bond acceptors (Lipinski definition) is 3. The highest BCUT2D eigenvalue weighted by molar-refractivity contribution is 5.86. The summed E-state index contributed by atoms with van der Waals surface area (Å²) in [6.45, 7) is 1.67. The molecule has 0 radical (unpaired) electrons. The number of nitro benzene ring substituents is 1. The average Bonchev–Trinajstić information content (AvgIpc) is 2.53. The van der Waals surface area contributed by atoms with Gasteiger partial charge in [-0.05, 0) is 28.8 Å². The van der Waals surface area contributed by atoms with Gasteiger partial charge in [0.15, 0.2) is 0 Å². The topological polar surface area (TPSA) is 63.4 Å². The third-order valence-electron chi connectivity index (χ3n) is 3.96. The van der Waals surface area contributed by atoms with Gasteiger partial charge in [-0.25, -0.2) is 0 Å². The van der Waals surface area contributed by atoms with Gasteiger partial charge in [0.25, 0.3) is 5.69 Å². The van der Waals surface area contributed by atoms with E-state index in [1.54, 1.807) is 19.1 Å². The zero-order valence-electron chi connectivity index (χ0n) is 12.1. The summed E-state index contributed by atoms with van der Waals surface area (Å²) in [6.07, 6.45) is -0.897. The first-order valence-corrected chi connectivity index (χ1v) is 6.99. The standard InChI is InChI=1S/C18H15NO3/c1-12-14(9-5-11-17(12)19(21)22)18(20)16-10-4-7-13-6-2-3-8-15(13)16/h2-11,18,20H,1H3. The molecule has 1 N–H and O–H groups in total. The smallest absolute Gasteiger partial charge is 0.272 e. The van der Waals surface area contributed by atoms with Crippen LogP contribution >= 0.6 is 0 Å². The molecule has 110 valence electrons. The van der Waals surface area contributed by atoms with Gasteiger partial charge < -0.3 is 5.11 Å². The van der Waals surface area contributed by atoms with Crippen molar-refractivity contribution in [2.75, 3.05) is 0 Å². The van der Waals surface area contributed by atoms with E-state index in [1.165, 1.54) is 6.07 Å². The SMILES string of the molecule is Cc1c(C(O)c2cccc3ccccc23)cccc1[N+](=O)[O-]. The minimum Gasteiger partial charge on any atom is -0.384 e. The lowest BCUT2D eigenvalue weighted by Gasteiger charge is -2.16. The molecule has 3 rings (SSSR count). The van der Waals surface area contributed by atoms with Gasteiger partial charge in [-0.2, -0.15) is 0 Å². The van der Waals surface area contributed by atoms with Crippen LogP contribution in [0.5, 0.6) is 0 Å². The van der Waals surface area contributed by atoms with E-state index in [4.69, 9.17) is 0 Å². The lowest BCUT2D eigenvalue weighted by molar-refractivity contribution is -0.385. The molecule has 0 saturated heterocycles. The Labute approximate surface area is 127 Å². The maximum atomic E-state index is 11.1. The summed E-state index contributed by atoms with van der Waals surface area (Å²) in [5, 5.41) is 23.8. The van der Waals surface area contributed by atoms with Gasteiger partial charge in [-0.3, -0.25) is 10.1 Å². The largest absolute Gasteiger partial charge is 0.384 e. The predicted octanol–water partition coefficient (Wildman–Crippen LogP) is 4.14. The molecule has 1 unspecified atom stereocenters. The molecule has 0 aromatic heterocycles. The zero-order valence-corrected chi connectivity index (χ0v) is 12.1. The van der Waals surface area contributed by atoms with Crippen LogP contribution in [-0.2, 0) is 0 Å². The van der Waals surface area contributed by atoms with E-state index in [9.17, 15) is 15.2 Å². The van der Waals surface area contributed by atoms with Gasteiger partial charge in [0.2, 0.25) is 0 Å². The molecular formula is C18H15NO3. The van der Waals surface area contributed by atoms with E-state index in [1.807, 2.05) is 42.5 Å². The number of nitrogens with zero attached hydrogens (tertiary/aromatic N) is 1. The second-order valence-corrected chi connectivity index (χ2v) is 5.22. The van der Waals surface area contributed by atoms with Crippen molar-refractivity contribution in [1.29, 1.82) is 0 Å². The monoisotopic (exact) mass is 293 g/mol. The van der Waals surface area contributed by atoms with Crippen molar-refractivity contribution < 1.29 is 10.0 Å². The lowest BCUT2D eigenvalue weighted by atomic mass is 9.93. The van der Waals surface area contributed by atoms with Crippen molar-refractivity contribution in [3.8, 4) is 0 Å². The fourth-order valence-corrected chi connectivity index (χ4v) is 2.79. The van der Waals surface area contributed by atoms with Gasteiger partial charge in [0.1, 0.15) is 6.10 Å². The van der Waals surface area contributed by atoms with Crippen molar-refractivity contribution >= 4 is 16.5 Å². The van der Waals surface area contributed by atoms with Crippen molar-refractivity contribution in [3.63, 3.8) is 0 Å². The summed E-state index contributed by atoms with van der Waals surface area (Å²) in [6, 6.07) is 18.3. The minimum absolute atomic E-state index is 0.0248. The molecule has 1 atom stereocenters. The average molecular weight is 293 g/mol. The third kappa shape index (κ3) is 2.34. The van der Waals surface area contributed by atoms with Crippen LogP contribution in [0.15, 0.2) is 60.7 Å². The Kier molecular flexibility index (Phi) is 3.61. The molecule has 0 bridgehead atoms. The normalized spacial score (nSPS) is 12.3. The van der Waals surface area contributed by atoms with Gasteiger partial charge in [0.05, 0.1) is 4.92 Å². The molecule has 4 nitrogen and oxygen atoms in total. The molecular weight excluding hydrogens is 278 g/mol. The van der Waals surface area contributed by atoms with Crippen LogP contribution in [0.2, 0.25) is 0 Å². The van der Waals surface area contributed by atoms with Crippen LogP contribution in [0.25, 0.3) is 10.8 Å². The van der Waals surface area contributed by atoms with Crippen LogP contribution in [0.1, 0.15) is 22.8 Å². The summed E-state index contributed by atoms with van der Waals surface area (Å²) in [4.78, 5) is 10.6. The number of hydrogen-bond donors (Lipinski definition) is 1. The van der Waals surface area contributed by atoms with E-state index in [-0.39, 0.29) is 5.69 Å². The molecule has 3 aromatic rings. The second kappa shape index (κ2) is 5.58. The van der Waals surface area contributed by atoms with Gasteiger partial charge in [-0.15, -0.1) is 0 Å². The Hall–Kier alpha value is -2.72. The predicted molar refractivity (Wildman–Crippen MR) is 85.8 cm³/mol. The van der Waals surface area contributed by atoms with Crippen molar-refractivity contribution in [1.82, 2.24) is 0 Å². The first kappa shape index (κ1) is 14.2. The third-order valence-corrected chi connectivity index (χ3v) is 3.96. The number of nitro groups is 1. The first-order valence-electron chi connectivity index (χ1n) is 6.99. The van der Waals surface area contributed by atoms with Crippen molar-refractivity contribution in [2.24, 2.45) is 0 Å². The summed E-state index contributed by atoms with van der Waals surface area (Å²) < 4.78 is 0. The number of aliphatic hydroxyl groups is 1. The number of aliphatic hydroxyl groups excluding tert-OH is 1. The Morgan fingerprint density at radius 3 is 2.36 bits per heavy atom. The Morgan fingerprint density at radius 2 is 1.59 bits per heavy atom. The molecule has 0 heterocycles. The molecule has 0 aliphatic rings. The molecule has 4 heteroatoms. The summed E-state index contributed by atoms with van der Waals surface area (Å²) in [7, 11) is 0. The highest BCUT2D eigenvalue weighted by Gasteiger charge is 2.20. The summed E-state index contributed by atoms with van der Waals surface area (Å²) in [5.74, 6) is 0. The molecule has 0 saturated carbocycles. The maximum absolute atomic E-state index is 11.1. The lowest BCUT2D eigenvalue weighted by Crippen LogP contribution is -2.04.